The monoisotopic (exact) mass is 287 g/mol. The van der Waals surface area contributed by atoms with Crippen molar-refractivity contribution in [3.63, 3.8) is 0 Å². The number of nitrogens with one attached hydrogen (secondary N) is 1. The van der Waals surface area contributed by atoms with E-state index in [4.69, 9.17) is 11.6 Å². The third-order valence-electron chi connectivity index (χ3n) is 3.34. The molecule has 0 bridgehead atoms. The Morgan fingerprint density at radius 3 is 2.25 bits per heavy atom. The van der Waals surface area contributed by atoms with Crippen LogP contribution < -0.4 is 5.32 Å². The van der Waals surface area contributed by atoms with Crippen LogP contribution in [0.25, 0.3) is 0 Å². The Hall–Kier alpha value is -1.47. The van der Waals surface area contributed by atoms with Gasteiger partial charge in [-0.25, -0.2) is 0 Å². The quantitative estimate of drug-likeness (QED) is 0.770. The Balaban J connectivity index is 1.96. The number of anilines is 1. The van der Waals surface area contributed by atoms with E-state index in [1.165, 1.54) is 16.7 Å². The molecule has 2 aromatic carbocycles. The van der Waals surface area contributed by atoms with Crippen molar-refractivity contribution in [1.29, 1.82) is 0 Å². The fraction of sp³-hybridized carbons (Fsp3) is 0.333. The summed E-state index contributed by atoms with van der Waals surface area (Å²) in [6.45, 7) is 7.40. The lowest BCUT2D eigenvalue weighted by molar-refractivity contribution is 0.647. The smallest absolute Gasteiger partial charge is 0.0410 e. The number of hydrogen-bond acceptors (Lipinski definition) is 1. The average molecular weight is 288 g/mol. The molecule has 2 heteroatoms. The summed E-state index contributed by atoms with van der Waals surface area (Å²) >= 11 is 5.97. The molecule has 0 aliphatic rings. The normalized spacial score (nSPS) is 10.8. The number of rotatable bonds is 5. The molecule has 0 aliphatic heterocycles. The van der Waals surface area contributed by atoms with Crippen LogP contribution in [0.2, 0.25) is 5.02 Å². The van der Waals surface area contributed by atoms with Gasteiger partial charge < -0.3 is 5.32 Å². The number of hydrogen-bond donors (Lipinski definition) is 1. The topological polar surface area (TPSA) is 12.0 Å². The first kappa shape index (κ1) is 14.9. The van der Waals surface area contributed by atoms with Crippen molar-refractivity contribution in [3.8, 4) is 0 Å². The highest BCUT2D eigenvalue weighted by Crippen LogP contribution is 2.20. The Morgan fingerprint density at radius 2 is 1.65 bits per heavy atom. The summed E-state index contributed by atoms with van der Waals surface area (Å²) in [5.74, 6) is 0.704. The van der Waals surface area contributed by atoms with Crippen LogP contribution in [0.3, 0.4) is 0 Å². The van der Waals surface area contributed by atoms with Crippen molar-refractivity contribution in [2.75, 3.05) is 5.32 Å². The Kier molecular flexibility index (Phi) is 5.08. The molecule has 1 nitrogen and oxygen atoms in total. The Morgan fingerprint density at radius 1 is 1.00 bits per heavy atom. The van der Waals surface area contributed by atoms with Gasteiger partial charge in [-0.1, -0.05) is 49.7 Å². The van der Waals surface area contributed by atoms with Crippen LogP contribution >= 0.6 is 11.6 Å². The molecule has 0 fully saturated rings. The molecule has 0 amide bonds. The van der Waals surface area contributed by atoms with E-state index in [2.05, 4.69) is 50.4 Å². The highest BCUT2D eigenvalue weighted by molar-refractivity contribution is 6.30. The minimum Gasteiger partial charge on any atom is -0.381 e. The maximum atomic E-state index is 5.97. The molecule has 1 N–H and O–H groups in total. The van der Waals surface area contributed by atoms with Gasteiger partial charge in [-0.2, -0.15) is 0 Å². The van der Waals surface area contributed by atoms with Crippen molar-refractivity contribution in [1.82, 2.24) is 0 Å². The van der Waals surface area contributed by atoms with Gasteiger partial charge in [-0.3, -0.25) is 0 Å². The second-order valence-corrected chi connectivity index (χ2v) is 6.16. The molecule has 2 rings (SSSR count). The summed E-state index contributed by atoms with van der Waals surface area (Å²) in [5.41, 5.74) is 5.02. The van der Waals surface area contributed by atoms with Crippen molar-refractivity contribution in [2.45, 2.75) is 33.7 Å². The lowest BCUT2D eigenvalue weighted by atomic mass is 10.0. The third kappa shape index (κ3) is 4.28. The Labute approximate surface area is 127 Å². The summed E-state index contributed by atoms with van der Waals surface area (Å²) in [6.07, 6.45) is 1.14. The van der Waals surface area contributed by atoms with Gasteiger partial charge >= 0.3 is 0 Å². The Bertz CT molecular complexity index is 558. The van der Waals surface area contributed by atoms with E-state index < -0.39 is 0 Å². The highest BCUT2D eigenvalue weighted by atomic mass is 35.5. The molecular formula is C18H22ClN. The molecule has 0 spiro atoms. The summed E-state index contributed by atoms with van der Waals surface area (Å²) < 4.78 is 0. The van der Waals surface area contributed by atoms with Crippen molar-refractivity contribution in [2.24, 2.45) is 5.92 Å². The van der Waals surface area contributed by atoms with E-state index in [1.54, 1.807) is 0 Å². The molecule has 0 unspecified atom stereocenters. The third-order valence-corrected chi connectivity index (χ3v) is 3.57. The summed E-state index contributed by atoms with van der Waals surface area (Å²) in [6, 6.07) is 14.8. The molecule has 0 atom stereocenters. The van der Waals surface area contributed by atoms with Crippen LogP contribution in [-0.2, 0) is 13.0 Å². The molecule has 0 saturated carbocycles. The molecule has 0 saturated heterocycles. The van der Waals surface area contributed by atoms with Gasteiger partial charge in [0, 0.05) is 17.3 Å². The highest BCUT2D eigenvalue weighted by Gasteiger charge is 2.01. The maximum Gasteiger partial charge on any atom is 0.0410 e. The van der Waals surface area contributed by atoms with E-state index in [1.807, 2.05) is 18.2 Å². The van der Waals surface area contributed by atoms with Gasteiger partial charge in [-0.15, -0.1) is 0 Å². The predicted octanol–water partition coefficient (Wildman–Crippen LogP) is 5.46. The van der Waals surface area contributed by atoms with Crippen LogP contribution in [0.15, 0.2) is 42.5 Å². The molecular weight excluding hydrogens is 266 g/mol. The van der Waals surface area contributed by atoms with Crippen molar-refractivity contribution >= 4 is 17.3 Å². The van der Waals surface area contributed by atoms with E-state index in [0.717, 1.165) is 23.7 Å². The lowest BCUT2D eigenvalue weighted by Gasteiger charge is -2.11. The van der Waals surface area contributed by atoms with Crippen LogP contribution in [0.4, 0.5) is 5.69 Å². The van der Waals surface area contributed by atoms with E-state index in [-0.39, 0.29) is 0 Å². The van der Waals surface area contributed by atoms with Gasteiger partial charge in [-0.05, 0) is 54.2 Å². The molecule has 0 heterocycles. The fourth-order valence-corrected chi connectivity index (χ4v) is 2.51. The standard InChI is InChI=1S/C18H22ClN/c1-13(2)10-15-4-6-16(7-5-15)12-20-18-9-8-17(19)11-14(18)3/h4-9,11,13,20H,10,12H2,1-3H3. The SMILES string of the molecule is Cc1cc(Cl)ccc1NCc1ccc(CC(C)C)cc1. The second kappa shape index (κ2) is 6.81. The summed E-state index contributed by atoms with van der Waals surface area (Å²) in [5, 5.41) is 4.24. The van der Waals surface area contributed by atoms with Gasteiger partial charge in [0.25, 0.3) is 0 Å². The number of aryl methyl sites for hydroxylation is 1. The lowest BCUT2D eigenvalue weighted by Crippen LogP contribution is -2.01. The van der Waals surface area contributed by atoms with Crippen LogP contribution in [0.1, 0.15) is 30.5 Å². The van der Waals surface area contributed by atoms with Gasteiger partial charge in [0.15, 0.2) is 0 Å². The van der Waals surface area contributed by atoms with Crippen LogP contribution in [-0.4, -0.2) is 0 Å². The van der Waals surface area contributed by atoms with E-state index in [0.29, 0.717) is 5.92 Å². The summed E-state index contributed by atoms with van der Waals surface area (Å²) in [4.78, 5) is 0. The van der Waals surface area contributed by atoms with Gasteiger partial charge in [0.2, 0.25) is 0 Å². The predicted molar refractivity (Wildman–Crippen MR) is 88.5 cm³/mol. The first-order valence-corrected chi connectivity index (χ1v) is 7.50. The number of benzene rings is 2. The van der Waals surface area contributed by atoms with E-state index in [9.17, 15) is 0 Å². The number of halogens is 1. The second-order valence-electron chi connectivity index (χ2n) is 5.73. The average Bonchev–Trinajstić information content (AvgIpc) is 2.39. The molecule has 0 aliphatic carbocycles. The summed E-state index contributed by atoms with van der Waals surface area (Å²) in [7, 11) is 0. The van der Waals surface area contributed by atoms with Gasteiger partial charge in [0.1, 0.15) is 0 Å². The minimum absolute atomic E-state index is 0.704. The largest absolute Gasteiger partial charge is 0.381 e. The minimum atomic E-state index is 0.704. The molecule has 0 radical (unpaired) electrons. The maximum absolute atomic E-state index is 5.97. The van der Waals surface area contributed by atoms with Crippen LogP contribution in [0.5, 0.6) is 0 Å². The first-order chi connectivity index (χ1) is 9.54. The zero-order valence-electron chi connectivity index (χ0n) is 12.4. The molecule has 0 aromatic heterocycles. The first-order valence-electron chi connectivity index (χ1n) is 7.12. The van der Waals surface area contributed by atoms with E-state index >= 15 is 0 Å². The fourth-order valence-electron chi connectivity index (χ4n) is 2.29. The molecule has 106 valence electrons. The van der Waals surface area contributed by atoms with Crippen molar-refractivity contribution < 1.29 is 0 Å². The zero-order chi connectivity index (χ0) is 14.5. The molecule has 20 heavy (non-hydrogen) atoms. The zero-order valence-corrected chi connectivity index (χ0v) is 13.2. The van der Waals surface area contributed by atoms with Crippen molar-refractivity contribution in [3.05, 3.63) is 64.2 Å². The van der Waals surface area contributed by atoms with Crippen LogP contribution in [0, 0.1) is 12.8 Å². The molecule has 2 aromatic rings. The van der Waals surface area contributed by atoms with Gasteiger partial charge in [0.05, 0.1) is 0 Å².